The lowest BCUT2D eigenvalue weighted by atomic mass is 10.2. The summed E-state index contributed by atoms with van der Waals surface area (Å²) in [5.41, 5.74) is 6.23. The lowest BCUT2D eigenvalue weighted by molar-refractivity contribution is -0.139. The molecule has 0 saturated heterocycles. The van der Waals surface area contributed by atoms with Gasteiger partial charge >= 0.3 is 12.1 Å². The average molecular weight is 316 g/mol. The maximum atomic E-state index is 11.6. The number of ether oxygens (including phenoxy) is 1. The number of nitrogen functional groups attached to an aromatic ring is 1. The van der Waals surface area contributed by atoms with Crippen molar-refractivity contribution in [3.8, 4) is 0 Å². The van der Waals surface area contributed by atoms with E-state index in [0.29, 0.717) is 16.4 Å². The van der Waals surface area contributed by atoms with E-state index in [9.17, 15) is 9.59 Å². The Kier molecular flexibility index (Phi) is 5.36. The summed E-state index contributed by atoms with van der Waals surface area (Å²) >= 11 is 1.14. The number of carbonyl (C=O) groups excluding carboxylic acids is 1. The molecular weight excluding hydrogens is 296 g/mol. The Balaban J connectivity index is 2.60. The molecule has 0 saturated carbocycles. The number of alkyl carbamates (subject to hydrolysis) is 1. The second-order valence-electron chi connectivity index (χ2n) is 5.43. The van der Waals surface area contributed by atoms with Crippen LogP contribution in [0.2, 0.25) is 0 Å². The van der Waals surface area contributed by atoms with Gasteiger partial charge in [-0.3, -0.25) is 0 Å². The van der Waals surface area contributed by atoms with Crippen LogP contribution in [-0.2, 0) is 9.53 Å². The highest BCUT2D eigenvalue weighted by atomic mass is 32.1. The molecule has 1 atom stereocenters. The SMILES string of the molecule is Cc1nsc(NC[C@H](NC(=O)OC(C)(C)C)C(=O)O)c1N. The van der Waals surface area contributed by atoms with Crippen LogP contribution in [0.5, 0.6) is 0 Å². The summed E-state index contributed by atoms with van der Waals surface area (Å²) in [5, 5.41) is 14.8. The topological polar surface area (TPSA) is 127 Å². The van der Waals surface area contributed by atoms with Crippen LogP contribution in [0.25, 0.3) is 0 Å². The number of hydrogen-bond donors (Lipinski definition) is 4. The fourth-order valence-electron chi connectivity index (χ4n) is 1.35. The summed E-state index contributed by atoms with van der Waals surface area (Å²) < 4.78 is 9.07. The summed E-state index contributed by atoms with van der Waals surface area (Å²) in [4.78, 5) is 22.8. The number of nitrogens with zero attached hydrogens (tertiary/aromatic N) is 1. The van der Waals surface area contributed by atoms with Crippen molar-refractivity contribution in [3.05, 3.63) is 5.69 Å². The van der Waals surface area contributed by atoms with Crippen LogP contribution in [-0.4, -0.2) is 39.7 Å². The molecule has 118 valence electrons. The number of aliphatic carboxylic acids is 1. The Bertz CT molecular complexity index is 524. The molecule has 8 nitrogen and oxygen atoms in total. The second kappa shape index (κ2) is 6.61. The quantitative estimate of drug-likeness (QED) is 0.647. The van der Waals surface area contributed by atoms with Gasteiger partial charge in [0.2, 0.25) is 0 Å². The monoisotopic (exact) mass is 316 g/mol. The zero-order chi connectivity index (χ0) is 16.2. The number of nitrogens with two attached hydrogens (primary N) is 1. The molecule has 1 aromatic heterocycles. The standard InChI is InChI=1S/C12H20N4O4S/c1-6-8(13)9(21-16-6)14-5-7(10(17)18)15-11(19)20-12(2,3)4/h7,14H,5,13H2,1-4H3,(H,15,19)(H,17,18)/t7-/m0/s1. The van der Waals surface area contributed by atoms with Crippen molar-refractivity contribution in [3.63, 3.8) is 0 Å². The van der Waals surface area contributed by atoms with E-state index >= 15 is 0 Å². The number of aromatic nitrogens is 1. The van der Waals surface area contributed by atoms with Crippen molar-refractivity contribution in [2.45, 2.75) is 39.3 Å². The first-order valence-electron chi connectivity index (χ1n) is 6.28. The fourth-order valence-corrected chi connectivity index (χ4v) is 2.07. The van der Waals surface area contributed by atoms with Gasteiger partial charge in [-0.2, -0.15) is 4.37 Å². The van der Waals surface area contributed by atoms with Crippen molar-refractivity contribution < 1.29 is 19.4 Å². The van der Waals surface area contributed by atoms with Gasteiger partial charge in [-0.15, -0.1) is 0 Å². The van der Waals surface area contributed by atoms with Gasteiger partial charge in [-0.1, -0.05) is 0 Å². The van der Waals surface area contributed by atoms with Gasteiger partial charge in [0.15, 0.2) is 0 Å². The third-order valence-corrected chi connectivity index (χ3v) is 3.28. The number of carboxylic acids is 1. The van der Waals surface area contributed by atoms with E-state index in [1.807, 2.05) is 0 Å². The van der Waals surface area contributed by atoms with E-state index in [4.69, 9.17) is 15.6 Å². The van der Waals surface area contributed by atoms with Gasteiger partial charge < -0.3 is 26.2 Å². The maximum Gasteiger partial charge on any atom is 0.408 e. The molecule has 1 aromatic rings. The van der Waals surface area contributed by atoms with Crippen molar-refractivity contribution in [2.24, 2.45) is 0 Å². The van der Waals surface area contributed by atoms with Crippen LogP contribution in [0.15, 0.2) is 0 Å². The van der Waals surface area contributed by atoms with Crippen LogP contribution in [0, 0.1) is 6.92 Å². The highest BCUT2D eigenvalue weighted by Crippen LogP contribution is 2.26. The van der Waals surface area contributed by atoms with Gasteiger partial charge in [0.1, 0.15) is 16.6 Å². The minimum Gasteiger partial charge on any atom is -0.480 e. The zero-order valence-corrected chi connectivity index (χ0v) is 13.2. The molecule has 0 unspecified atom stereocenters. The summed E-state index contributed by atoms with van der Waals surface area (Å²) in [6.07, 6.45) is -0.787. The normalized spacial score (nSPS) is 12.6. The molecule has 9 heteroatoms. The number of amides is 1. The predicted molar refractivity (Wildman–Crippen MR) is 80.5 cm³/mol. The fraction of sp³-hybridized carbons (Fsp3) is 0.583. The molecule has 21 heavy (non-hydrogen) atoms. The smallest absolute Gasteiger partial charge is 0.408 e. The molecule has 0 bridgehead atoms. The summed E-state index contributed by atoms with van der Waals surface area (Å²) in [7, 11) is 0. The largest absolute Gasteiger partial charge is 0.480 e. The Hall–Kier alpha value is -2.03. The average Bonchev–Trinajstić information content (AvgIpc) is 2.63. The molecule has 1 amide bonds. The van der Waals surface area contributed by atoms with Crippen molar-refractivity contribution >= 4 is 34.3 Å². The van der Waals surface area contributed by atoms with E-state index in [1.165, 1.54) is 0 Å². The molecule has 0 spiro atoms. The summed E-state index contributed by atoms with van der Waals surface area (Å²) in [6, 6.07) is -1.14. The number of hydrogen-bond acceptors (Lipinski definition) is 7. The molecule has 5 N–H and O–H groups in total. The van der Waals surface area contributed by atoms with Gasteiger partial charge in [0, 0.05) is 6.54 Å². The Morgan fingerprint density at radius 3 is 2.52 bits per heavy atom. The second-order valence-corrected chi connectivity index (χ2v) is 6.20. The number of nitrogens with one attached hydrogen (secondary N) is 2. The van der Waals surface area contributed by atoms with Crippen LogP contribution < -0.4 is 16.4 Å². The van der Waals surface area contributed by atoms with Crippen molar-refractivity contribution in [1.82, 2.24) is 9.69 Å². The third kappa shape index (κ3) is 5.46. The van der Waals surface area contributed by atoms with E-state index in [1.54, 1.807) is 27.7 Å². The van der Waals surface area contributed by atoms with Crippen LogP contribution in [0.4, 0.5) is 15.5 Å². The summed E-state index contributed by atoms with van der Waals surface area (Å²) in [5.74, 6) is -1.17. The molecule has 0 aromatic carbocycles. The molecule has 0 aliphatic carbocycles. The minimum absolute atomic E-state index is 0.0274. The molecule has 1 rings (SSSR count). The molecule has 0 fully saturated rings. The first-order chi connectivity index (χ1) is 9.60. The molecule has 1 heterocycles. The number of carboxylic acid groups (broad SMARTS) is 1. The summed E-state index contributed by atoms with van der Waals surface area (Å²) in [6.45, 7) is 6.81. The van der Waals surface area contributed by atoms with Crippen molar-refractivity contribution in [2.75, 3.05) is 17.6 Å². The molecule has 0 aliphatic heterocycles. The Morgan fingerprint density at radius 1 is 1.48 bits per heavy atom. The Morgan fingerprint density at radius 2 is 2.10 bits per heavy atom. The van der Waals surface area contributed by atoms with Gasteiger partial charge in [0.05, 0.1) is 11.4 Å². The minimum atomic E-state index is -1.17. The van der Waals surface area contributed by atoms with Gasteiger partial charge in [0.25, 0.3) is 0 Å². The van der Waals surface area contributed by atoms with Gasteiger partial charge in [-0.25, -0.2) is 9.59 Å². The Labute approximate surface area is 126 Å². The first-order valence-corrected chi connectivity index (χ1v) is 7.05. The molecule has 0 radical (unpaired) electrons. The lowest BCUT2D eigenvalue weighted by Crippen LogP contribution is -2.47. The van der Waals surface area contributed by atoms with Crippen molar-refractivity contribution in [1.29, 1.82) is 0 Å². The molecular formula is C12H20N4O4S. The van der Waals surface area contributed by atoms with E-state index in [0.717, 1.165) is 11.5 Å². The van der Waals surface area contributed by atoms with Gasteiger partial charge in [-0.05, 0) is 39.2 Å². The number of rotatable bonds is 5. The number of aryl methyl sites for hydroxylation is 1. The zero-order valence-electron chi connectivity index (χ0n) is 12.4. The number of carbonyl (C=O) groups is 2. The maximum absolute atomic E-state index is 11.6. The number of anilines is 2. The first kappa shape index (κ1) is 17.0. The van der Waals surface area contributed by atoms with Crippen LogP contribution in [0.1, 0.15) is 26.5 Å². The predicted octanol–water partition coefficient (Wildman–Crippen LogP) is 1.42. The van der Waals surface area contributed by atoms with Crippen LogP contribution in [0.3, 0.4) is 0 Å². The van der Waals surface area contributed by atoms with E-state index in [2.05, 4.69) is 15.0 Å². The lowest BCUT2D eigenvalue weighted by Gasteiger charge is -2.22. The highest BCUT2D eigenvalue weighted by molar-refractivity contribution is 7.11. The highest BCUT2D eigenvalue weighted by Gasteiger charge is 2.24. The van der Waals surface area contributed by atoms with E-state index in [-0.39, 0.29) is 6.54 Å². The third-order valence-electron chi connectivity index (χ3n) is 2.36. The van der Waals surface area contributed by atoms with Crippen LogP contribution >= 0.6 is 11.5 Å². The molecule has 0 aliphatic rings. The van der Waals surface area contributed by atoms with E-state index < -0.39 is 23.7 Å².